The first-order valence-corrected chi connectivity index (χ1v) is 7.29. The lowest BCUT2D eigenvalue weighted by molar-refractivity contribution is -0.133. The fourth-order valence-electron chi connectivity index (χ4n) is 2.40. The molecule has 1 aliphatic heterocycles. The monoisotopic (exact) mass is 287 g/mol. The van der Waals surface area contributed by atoms with Gasteiger partial charge in [0.1, 0.15) is 5.75 Å². The second-order valence-electron chi connectivity index (χ2n) is 5.07. The summed E-state index contributed by atoms with van der Waals surface area (Å²) in [5, 5.41) is 8.82. The molecule has 1 heterocycles. The van der Waals surface area contributed by atoms with Gasteiger partial charge >= 0.3 is 0 Å². The van der Waals surface area contributed by atoms with Gasteiger partial charge < -0.3 is 14.7 Å². The molecule has 1 amide bonds. The van der Waals surface area contributed by atoms with Gasteiger partial charge in [-0.1, -0.05) is 11.8 Å². The summed E-state index contributed by atoms with van der Waals surface area (Å²) in [6, 6.07) is 5.71. The van der Waals surface area contributed by atoms with E-state index in [0.29, 0.717) is 19.4 Å². The molecule has 4 nitrogen and oxygen atoms in total. The first kappa shape index (κ1) is 15.4. The fourth-order valence-corrected chi connectivity index (χ4v) is 2.40. The van der Waals surface area contributed by atoms with Crippen LogP contribution in [-0.4, -0.2) is 36.2 Å². The molecule has 4 heteroatoms. The van der Waals surface area contributed by atoms with Crippen LogP contribution in [0.15, 0.2) is 18.2 Å². The molecule has 1 fully saturated rings. The Hall–Kier alpha value is -1.99. The van der Waals surface area contributed by atoms with Crippen LogP contribution in [0.2, 0.25) is 0 Å². The van der Waals surface area contributed by atoms with Gasteiger partial charge in [-0.3, -0.25) is 4.79 Å². The van der Waals surface area contributed by atoms with Gasteiger partial charge in [0.2, 0.25) is 5.91 Å². The normalized spacial score (nSPS) is 14.6. The molecule has 1 N–H and O–H groups in total. The summed E-state index contributed by atoms with van der Waals surface area (Å²) < 4.78 is 5.26. The quantitative estimate of drug-likeness (QED) is 0.861. The molecule has 112 valence electrons. The zero-order chi connectivity index (χ0) is 15.1. The van der Waals surface area contributed by atoms with E-state index in [0.717, 1.165) is 36.3 Å². The van der Waals surface area contributed by atoms with Gasteiger partial charge in [0.25, 0.3) is 0 Å². The zero-order valence-electron chi connectivity index (χ0n) is 12.4. The topological polar surface area (TPSA) is 49.8 Å². The molecule has 0 saturated carbocycles. The van der Waals surface area contributed by atoms with Gasteiger partial charge in [-0.15, -0.1) is 0 Å². The van der Waals surface area contributed by atoms with Gasteiger partial charge in [-0.2, -0.15) is 0 Å². The summed E-state index contributed by atoms with van der Waals surface area (Å²) in [4.78, 5) is 13.8. The number of piperidine rings is 1. The number of carbonyl (C=O) groups is 1. The molecule has 0 aliphatic carbocycles. The number of nitrogens with zero attached hydrogens (tertiary/aromatic N) is 1. The van der Waals surface area contributed by atoms with Crippen molar-refractivity contribution in [1.29, 1.82) is 0 Å². The lowest BCUT2D eigenvalue weighted by Crippen LogP contribution is -2.34. The van der Waals surface area contributed by atoms with Gasteiger partial charge in [0.05, 0.1) is 13.7 Å². The van der Waals surface area contributed by atoms with Crippen molar-refractivity contribution in [2.24, 2.45) is 0 Å². The van der Waals surface area contributed by atoms with E-state index in [2.05, 4.69) is 11.8 Å². The number of carbonyl (C=O) groups excluding carboxylic acids is 1. The number of aliphatic hydroxyl groups is 1. The van der Waals surface area contributed by atoms with Crippen LogP contribution in [0.5, 0.6) is 5.75 Å². The summed E-state index contributed by atoms with van der Waals surface area (Å²) >= 11 is 0. The van der Waals surface area contributed by atoms with Crippen LogP contribution in [0.25, 0.3) is 0 Å². The minimum atomic E-state index is 0.0586. The predicted molar refractivity (Wildman–Crippen MR) is 80.8 cm³/mol. The Bertz CT molecular complexity index is 557. The van der Waals surface area contributed by atoms with Crippen molar-refractivity contribution < 1.29 is 14.6 Å². The molecular formula is C17H21NO3. The Balaban J connectivity index is 2.22. The van der Waals surface area contributed by atoms with Crippen LogP contribution in [0, 0.1) is 11.8 Å². The number of methoxy groups -OCH3 is 1. The fraction of sp³-hybridized carbons (Fsp3) is 0.471. The highest BCUT2D eigenvalue weighted by Crippen LogP contribution is 2.21. The van der Waals surface area contributed by atoms with Crippen molar-refractivity contribution in [3.8, 4) is 17.6 Å². The molecule has 21 heavy (non-hydrogen) atoms. The summed E-state index contributed by atoms with van der Waals surface area (Å²) in [7, 11) is 1.63. The average Bonchev–Trinajstić information content (AvgIpc) is 2.51. The molecule has 0 unspecified atom stereocenters. The lowest BCUT2D eigenvalue weighted by atomic mass is 10.0. The average molecular weight is 287 g/mol. The number of likely N-dealkylation sites (tertiary alicyclic amines) is 1. The van der Waals surface area contributed by atoms with Crippen LogP contribution in [0.3, 0.4) is 0 Å². The molecule has 2 rings (SSSR count). The first-order chi connectivity index (χ1) is 10.2. The van der Waals surface area contributed by atoms with Crippen molar-refractivity contribution in [2.45, 2.75) is 32.2 Å². The third kappa shape index (κ3) is 4.24. The van der Waals surface area contributed by atoms with Crippen molar-refractivity contribution in [3.63, 3.8) is 0 Å². The van der Waals surface area contributed by atoms with Crippen LogP contribution in [0.4, 0.5) is 0 Å². The van der Waals surface area contributed by atoms with E-state index >= 15 is 0 Å². The molecule has 0 bridgehead atoms. The van der Waals surface area contributed by atoms with Gasteiger partial charge in [0.15, 0.2) is 0 Å². The van der Waals surface area contributed by atoms with E-state index in [4.69, 9.17) is 9.84 Å². The van der Waals surface area contributed by atoms with E-state index in [9.17, 15) is 4.79 Å². The third-order valence-corrected chi connectivity index (χ3v) is 3.55. The number of amides is 1. The van der Waals surface area contributed by atoms with Crippen molar-refractivity contribution in [2.75, 3.05) is 20.3 Å². The highest BCUT2D eigenvalue weighted by Gasteiger charge is 2.19. The Morgan fingerprint density at radius 3 is 2.95 bits per heavy atom. The summed E-state index contributed by atoms with van der Waals surface area (Å²) in [5.41, 5.74) is 1.89. The molecule has 1 aromatic carbocycles. The second kappa shape index (κ2) is 7.70. The maximum Gasteiger partial charge on any atom is 0.222 e. The Morgan fingerprint density at radius 2 is 2.24 bits per heavy atom. The van der Waals surface area contributed by atoms with Gasteiger partial charge in [-0.05, 0) is 36.6 Å². The summed E-state index contributed by atoms with van der Waals surface area (Å²) in [5.74, 6) is 6.97. The lowest BCUT2D eigenvalue weighted by Gasteiger charge is -2.27. The minimum Gasteiger partial charge on any atom is -0.497 e. The molecule has 1 saturated heterocycles. The Morgan fingerprint density at radius 1 is 1.38 bits per heavy atom. The number of benzene rings is 1. The van der Waals surface area contributed by atoms with E-state index in [-0.39, 0.29) is 12.5 Å². The van der Waals surface area contributed by atoms with E-state index in [1.54, 1.807) is 7.11 Å². The number of aliphatic hydroxyl groups excluding tert-OH is 1. The maximum atomic E-state index is 12.0. The third-order valence-electron chi connectivity index (χ3n) is 3.55. The highest BCUT2D eigenvalue weighted by atomic mass is 16.5. The Kier molecular flexibility index (Phi) is 5.65. The van der Waals surface area contributed by atoms with Crippen molar-refractivity contribution >= 4 is 5.91 Å². The van der Waals surface area contributed by atoms with Gasteiger partial charge in [0, 0.05) is 31.5 Å². The number of hydrogen-bond acceptors (Lipinski definition) is 3. The number of ether oxygens (including phenoxy) is 1. The van der Waals surface area contributed by atoms with Crippen LogP contribution in [-0.2, 0) is 11.3 Å². The molecular weight excluding hydrogens is 266 g/mol. The highest BCUT2D eigenvalue weighted by molar-refractivity contribution is 5.76. The molecule has 0 radical (unpaired) electrons. The Labute approximate surface area is 125 Å². The molecule has 0 spiro atoms. The number of hydrogen-bond donors (Lipinski definition) is 1. The largest absolute Gasteiger partial charge is 0.497 e. The smallest absolute Gasteiger partial charge is 0.222 e. The zero-order valence-corrected chi connectivity index (χ0v) is 12.4. The van der Waals surface area contributed by atoms with Crippen molar-refractivity contribution in [1.82, 2.24) is 4.90 Å². The summed E-state index contributed by atoms with van der Waals surface area (Å²) in [6.45, 7) is 1.43. The van der Waals surface area contributed by atoms with Gasteiger partial charge in [-0.25, -0.2) is 0 Å². The van der Waals surface area contributed by atoms with Crippen LogP contribution < -0.4 is 4.74 Å². The maximum absolute atomic E-state index is 12.0. The first-order valence-electron chi connectivity index (χ1n) is 7.29. The number of rotatable bonds is 4. The second-order valence-corrected chi connectivity index (χ2v) is 5.07. The van der Waals surface area contributed by atoms with Crippen LogP contribution >= 0.6 is 0 Å². The van der Waals surface area contributed by atoms with Crippen molar-refractivity contribution in [3.05, 3.63) is 29.3 Å². The van der Waals surface area contributed by atoms with Crippen LogP contribution in [0.1, 0.15) is 36.8 Å². The SMILES string of the molecule is COc1ccc(C#CCCO)c(CN2CCCCC2=O)c1. The van der Waals surface area contributed by atoms with E-state index < -0.39 is 0 Å². The minimum absolute atomic E-state index is 0.0586. The molecule has 1 aromatic rings. The molecule has 0 aromatic heterocycles. The molecule has 1 aliphatic rings. The molecule has 0 atom stereocenters. The predicted octanol–water partition coefficient (Wildman–Crippen LogP) is 1.94. The summed E-state index contributed by atoms with van der Waals surface area (Å²) in [6.07, 6.45) is 3.13. The van der Waals surface area contributed by atoms with E-state index in [1.807, 2.05) is 23.1 Å². The standard InChI is InChI=1S/C17H21NO3/c1-21-16-9-8-14(6-3-5-11-19)15(12-16)13-18-10-4-2-7-17(18)20/h8-9,12,19H,2,4-5,7,10-11,13H2,1H3. The van der Waals surface area contributed by atoms with E-state index in [1.165, 1.54) is 0 Å².